The van der Waals surface area contributed by atoms with E-state index in [0.717, 1.165) is 37.5 Å². The van der Waals surface area contributed by atoms with Gasteiger partial charge in [-0.15, -0.1) is 0 Å². The zero-order chi connectivity index (χ0) is 32.7. The molecule has 1 amide bonds. The number of carbonyl (C=O) groups excluding carboxylic acids is 2. The van der Waals surface area contributed by atoms with Crippen molar-refractivity contribution < 1.29 is 36.2 Å². The van der Waals surface area contributed by atoms with E-state index < -0.39 is 28.3 Å². The Morgan fingerprint density at radius 3 is 2.44 bits per heavy atom. The van der Waals surface area contributed by atoms with Gasteiger partial charge in [-0.25, -0.2) is 14.9 Å². The molecular formula is C33H53N4O7S+. The molecule has 0 unspecified atom stereocenters. The molecule has 45 heavy (non-hydrogen) atoms. The molecule has 1 aromatic carbocycles. The van der Waals surface area contributed by atoms with Crippen LogP contribution in [0.25, 0.3) is 0 Å². The van der Waals surface area contributed by atoms with Gasteiger partial charge in [-0.2, -0.15) is 8.42 Å². The van der Waals surface area contributed by atoms with Gasteiger partial charge < -0.3 is 14.8 Å². The molecule has 0 aromatic heterocycles. The van der Waals surface area contributed by atoms with E-state index in [9.17, 15) is 18.0 Å². The zero-order valence-corrected chi connectivity index (χ0v) is 28.0. The maximum Gasteiger partial charge on any atom is 0.407 e. The Labute approximate surface area is 269 Å². The summed E-state index contributed by atoms with van der Waals surface area (Å²) in [7, 11) is -3.62. The third kappa shape index (κ3) is 12.7. The van der Waals surface area contributed by atoms with Gasteiger partial charge in [-0.1, -0.05) is 82.2 Å². The second-order valence-electron chi connectivity index (χ2n) is 12.1. The van der Waals surface area contributed by atoms with Crippen molar-refractivity contribution in [2.75, 3.05) is 19.4 Å². The first-order chi connectivity index (χ1) is 21.6. The number of hydrogen-bond donors (Lipinski definition) is 3. The highest BCUT2D eigenvalue weighted by molar-refractivity contribution is 7.86. The zero-order valence-electron chi connectivity index (χ0n) is 27.2. The first-order valence-corrected chi connectivity index (χ1v) is 18.3. The summed E-state index contributed by atoms with van der Waals surface area (Å²) in [5.74, 6) is 0.0567. The predicted octanol–water partition coefficient (Wildman–Crippen LogP) is 4.85. The minimum absolute atomic E-state index is 0.0672. The largest absolute Gasteiger partial charge is 0.462 e. The van der Waals surface area contributed by atoms with Crippen LogP contribution in [0.4, 0.5) is 4.79 Å². The van der Waals surface area contributed by atoms with Crippen LogP contribution in [0, 0.1) is 0 Å². The second-order valence-corrected chi connectivity index (χ2v) is 13.7. The number of allylic oxidation sites excluding steroid dienone is 1. The molecule has 2 aliphatic heterocycles. The number of carbonyl (C=O) groups is 2. The lowest BCUT2D eigenvalue weighted by Crippen LogP contribution is -2.51. The van der Waals surface area contributed by atoms with Crippen molar-refractivity contribution in [2.24, 2.45) is 5.73 Å². The molecule has 0 aliphatic carbocycles. The Hall–Kier alpha value is -3.12. The molecule has 4 N–H and O–H groups in total. The van der Waals surface area contributed by atoms with Gasteiger partial charge in [0.15, 0.2) is 0 Å². The molecule has 0 spiro atoms. The summed E-state index contributed by atoms with van der Waals surface area (Å²) in [5, 5.41) is 5.85. The maximum atomic E-state index is 13.2. The van der Waals surface area contributed by atoms with Crippen LogP contribution >= 0.6 is 0 Å². The summed E-state index contributed by atoms with van der Waals surface area (Å²) in [4.78, 5) is 25.1. The van der Waals surface area contributed by atoms with E-state index in [1.54, 1.807) is 0 Å². The fourth-order valence-corrected chi connectivity index (χ4v) is 6.81. The molecule has 2 heterocycles. The molecule has 11 nitrogen and oxygen atoms in total. The van der Waals surface area contributed by atoms with E-state index in [1.807, 2.05) is 41.8 Å². The van der Waals surface area contributed by atoms with E-state index in [0.29, 0.717) is 55.9 Å². The average molecular weight is 650 g/mol. The number of amides is 1. The summed E-state index contributed by atoms with van der Waals surface area (Å²) in [6.45, 7) is 4.85. The van der Waals surface area contributed by atoms with Gasteiger partial charge in [-0.05, 0) is 44.6 Å². The number of fused-ring (bicyclic) bond motifs is 1. The van der Waals surface area contributed by atoms with Gasteiger partial charge in [0.2, 0.25) is 0 Å². The highest BCUT2D eigenvalue weighted by Gasteiger charge is 2.44. The number of ether oxygens (including phenoxy) is 2. The van der Waals surface area contributed by atoms with Crippen molar-refractivity contribution in [1.82, 2.24) is 10.6 Å². The monoisotopic (exact) mass is 649 g/mol. The van der Waals surface area contributed by atoms with Crippen LogP contribution in [0.1, 0.15) is 103 Å². The lowest BCUT2D eigenvalue weighted by molar-refractivity contribution is -0.575. The van der Waals surface area contributed by atoms with Crippen LogP contribution in [-0.4, -0.2) is 68.6 Å². The molecule has 252 valence electrons. The number of guanidine groups is 1. The van der Waals surface area contributed by atoms with Gasteiger partial charge in [0.1, 0.15) is 18.2 Å². The van der Waals surface area contributed by atoms with Crippen molar-refractivity contribution in [2.45, 2.75) is 122 Å². The Morgan fingerprint density at radius 2 is 1.73 bits per heavy atom. The summed E-state index contributed by atoms with van der Waals surface area (Å²) in [6, 6.07) is 9.14. The smallest absolute Gasteiger partial charge is 0.407 e. The fraction of sp³-hybridized carbons (Fsp3) is 0.667. The second kappa shape index (κ2) is 18.8. The fourth-order valence-electron chi connectivity index (χ4n) is 6.14. The Kier molecular flexibility index (Phi) is 15.1. The number of nitrogens with zero attached hydrogens (tertiary/aromatic N) is 1. The molecule has 12 heteroatoms. The number of nitrogens with two attached hydrogens (primary N) is 1. The average Bonchev–Trinajstić information content (AvgIpc) is 3.40. The van der Waals surface area contributed by atoms with Crippen LogP contribution in [0.3, 0.4) is 0 Å². The first-order valence-electron chi connectivity index (χ1n) is 16.5. The SMILES string of the molecule is CCCCCCCCC[C@@H](C[C@@H]1CC[C@H]2C(C(=O)OCCCCNC(=O)OCc3ccccc3)=C(C)NC(N)=[N+]12)OS(C)(=O)=O. The lowest BCUT2D eigenvalue weighted by Gasteiger charge is -2.27. The van der Waals surface area contributed by atoms with Gasteiger partial charge in [-0.3, -0.25) is 14.5 Å². The number of alkyl carbamates (subject to hydrolysis) is 1. The van der Waals surface area contributed by atoms with Crippen molar-refractivity contribution in [3.8, 4) is 0 Å². The van der Waals surface area contributed by atoms with E-state index in [2.05, 4.69) is 17.6 Å². The quantitative estimate of drug-likeness (QED) is 0.0780. The molecule has 1 fully saturated rings. The molecular weight excluding hydrogens is 596 g/mol. The van der Waals surface area contributed by atoms with Crippen molar-refractivity contribution >= 4 is 28.1 Å². The molecule has 0 saturated carbocycles. The normalized spacial score (nSPS) is 18.7. The van der Waals surface area contributed by atoms with E-state index in [-0.39, 0.29) is 25.3 Å². The maximum absolute atomic E-state index is 13.2. The number of hydrogen-bond acceptors (Lipinski definition) is 9. The predicted molar refractivity (Wildman–Crippen MR) is 174 cm³/mol. The summed E-state index contributed by atoms with van der Waals surface area (Å²) >= 11 is 0. The number of nitrogens with one attached hydrogen (secondary N) is 2. The number of rotatable bonds is 20. The summed E-state index contributed by atoms with van der Waals surface area (Å²) < 4.78 is 42.5. The minimum Gasteiger partial charge on any atom is -0.462 e. The Balaban J connectivity index is 1.45. The summed E-state index contributed by atoms with van der Waals surface area (Å²) in [6.07, 6.45) is 12.0. The third-order valence-electron chi connectivity index (χ3n) is 8.32. The molecule has 3 atom stereocenters. The van der Waals surface area contributed by atoms with Crippen LogP contribution in [0.5, 0.6) is 0 Å². The number of esters is 1. The van der Waals surface area contributed by atoms with Crippen LogP contribution in [0.15, 0.2) is 41.6 Å². The third-order valence-corrected chi connectivity index (χ3v) is 8.94. The first kappa shape index (κ1) is 36.3. The number of benzene rings is 1. The van der Waals surface area contributed by atoms with Crippen LogP contribution < -0.4 is 16.4 Å². The van der Waals surface area contributed by atoms with Gasteiger partial charge in [0.25, 0.3) is 10.1 Å². The van der Waals surface area contributed by atoms with Crippen LogP contribution in [-0.2, 0) is 35.2 Å². The molecule has 2 aliphatic rings. The Morgan fingerprint density at radius 1 is 1.02 bits per heavy atom. The minimum atomic E-state index is -3.62. The van der Waals surface area contributed by atoms with Gasteiger partial charge in [0, 0.05) is 13.0 Å². The Bertz CT molecular complexity index is 1270. The lowest BCUT2D eigenvalue weighted by atomic mass is 10.0. The molecule has 1 saturated heterocycles. The molecule has 3 rings (SSSR count). The number of unbranched alkanes of at least 4 members (excludes halogenated alkanes) is 7. The van der Waals surface area contributed by atoms with Gasteiger partial charge in [0.05, 0.1) is 30.7 Å². The molecule has 0 radical (unpaired) electrons. The van der Waals surface area contributed by atoms with Crippen molar-refractivity contribution in [3.05, 3.63) is 47.2 Å². The topological polar surface area (TPSA) is 149 Å². The highest BCUT2D eigenvalue weighted by atomic mass is 32.2. The van der Waals surface area contributed by atoms with Crippen molar-refractivity contribution in [3.63, 3.8) is 0 Å². The van der Waals surface area contributed by atoms with Gasteiger partial charge >= 0.3 is 18.0 Å². The van der Waals surface area contributed by atoms with Crippen molar-refractivity contribution in [1.29, 1.82) is 0 Å². The van der Waals surface area contributed by atoms with Crippen LogP contribution in [0.2, 0.25) is 0 Å². The standard InChI is InChI=1S/C33H52N4O7S/c1-4-5-6-7-8-9-13-18-28(44-45(3,40)41)23-27-19-20-29-30(25(2)36-32(34)37(27)29)31(38)42-22-15-14-21-35-33(39)43-24-26-16-11-10-12-17-26/h10-12,16-17,27-29H,4-9,13-15,18-24H2,1-3H3,(H3,34,35,36,38,39)/p+1/t27-,28-,29-/m0/s1. The van der Waals surface area contributed by atoms with E-state index in [4.69, 9.17) is 19.4 Å². The van der Waals surface area contributed by atoms with E-state index in [1.165, 1.54) is 25.7 Å². The molecule has 0 bridgehead atoms. The molecule has 1 aromatic rings. The highest BCUT2D eigenvalue weighted by Crippen LogP contribution is 2.33. The summed E-state index contributed by atoms with van der Waals surface area (Å²) in [5.41, 5.74) is 8.54. The van der Waals surface area contributed by atoms with E-state index >= 15 is 0 Å².